The SMILES string of the molecule is C=C(C)CN1CCC(NC(=NC)NCCc2cccc(OCCC)c2)CC1. The van der Waals surface area contributed by atoms with Gasteiger partial charge in [-0.15, -0.1) is 0 Å². The van der Waals surface area contributed by atoms with Crippen LogP contribution < -0.4 is 15.4 Å². The molecule has 0 bridgehead atoms. The lowest BCUT2D eigenvalue weighted by Crippen LogP contribution is -2.49. The molecular weight excluding hydrogens is 336 g/mol. The van der Waals surface area contributed by atoms with E-state index in [4.69, 9.17) is 4.74 Å². The van der Waals surface area contributed by atoms with Crippen LogP contribution in [0, 0.1) is 0 Å². The van der Waals surface area contributed by atoms with Gasteiger partial charge in [-0.05, 0) is 50.3 Å². The molecule has 1 heterocycles. The molecule has 27 heavy (non-hydrogen) atoms. The Morgan fingerprint density at radius 2 is 2.11 bits per heavy atom. The van der Waals surface area contributed by atoms with Crippen LogP contribution >= 0.6 is 0 Å². The first-order valence-corrected chi connectivity index (χ1v) is 10.2. The van der Waals surface area contributed by atoms with Crippen molar-refractivity contribution in [3.8, 4) is 5.75 Å². The Morgan fingerprint density at radius 3 is 2.78 bits per heavy atom. The number of guanidine groups is 1. The minimum atomic E-state index is 0.489. The molecule has 0 radical (unpaired) electrons. The number of nitrogens with one attached hydrogen (secondary N) is 2. The number of rotatable bonds is 9. The van der Waals surface area contributed by atoms with Gasteiger partial charge >= 0.3 is 0 Å². The summed E-state index contributed by atoms with van der Waals surface area (Å²) in [7, 11) is 1.84. The Morgan fingerprint density at radius 1 is 1.33 bits per heavy atom. The third kappa shape index (κ3) is 8.04. The van der Waals surface area contributed by atoms with E-state index < -0.39 is 0 Å². The molecule has 1 aromatic rings. The van der Waals surface area contributed by atoms with Gasteiger partial charge in [0.1, 0.15) is 5.75 Å². The summed E-state index contributed by atoms with van der Waals surface area (Å²) in [6.07, 6.45) is 4.26. The maximum Gasteiger partial charge on any atom is 0.191 e. The average molecular weight is 373 g/mol. The van der Waals surface area contributed by atoms with Crippen molar-refractivity contribution >= 4 is 5.96 Å². The molecule has 0 saturated carbocycles. The summed E-state index contributed by atoms with van der Waals surface area (Å²) >= 11 is 0. The zero-order valence-electron chi connectivity index (χ0n) is 17.3. The van der Waals surface area contributed by atoms with Crippen LogP contribution in [0.25, 0.3) is 0 Å². The van der Waals surface area contributed by atoms with E-state index in [2.05, 4.69) is 59.2 Å². The molecule has 1 fully saturated rings. The van der Waals surface area contributed by atoms with Crippen molar-refractivity contribution in [3.63, 3.8) is 0 Å². The molecule has 0 aromatic heterocycles. The van der Waals surface area contributed by atoms with Gasteiger partial charge in [0.2, 0.25) is 0 Å². The topological polar surface area (TPSA) is 48.9 Å². The third-order valence-corrected chi connectivity index (χ3v) is 4.72. The third-order valence-electron chi connectivity index (χ3n) is 4.72. The number of ether oxygens (including phenoxy) is 1. The van der Waals surface area contributed by atoms with Crippen LogP contribution in [0.3, 0.4) is 0 Å². The maximum atomic E-state index is 5.71. The fourth-order valence-corrected chi connectivity index (χ4v) is 3.34. The summed E-state index contributed by atoms with van der Waals surface area (Å²) in [6.45, 7) is 13.1. The molecular formula is C22H36N4O. The minimum Gasteiger partial charge on any atom is -0.494 e. The Kier molecular flexibility index (Phi) is 9.19. The predicted molar refractivity (Wildman–Crippen MR) is 115 cm³/mol. The van der Waals surface area contributed by atoms with E-state index in [-0.39, 0.29) is 0 Å². The molecule has 1 aliphatic heterocycles. The number of hydrogen-bond acceptors (Lipinski definition) is 3. The first kappa shape index (κ1) is 21.3. The maximum absolute atomic E-state index is 5.71. The Labute approximate surface area is 164 Å². The van der Waals surface area contributed by atoms with Crippen molar-refractivity contribution in [2.24, 2.45) is 4.99 Å². The van der Waals surface area contributed by atoms with E-state index in [1.807, 2.05) is 13.1 Å². The largest absolute Gasteiger partial charge is 0.494 e. The van der Waals surface area contributed by atoms with Crippen molar-refractivity contribution in [2.75, 3.05) is 39.8 Å². The number of benzene rings is 1. The second kappa shape index (κ2) is 11.7. The fourth-order valence-electron chi connectivity index (χ4n) is 3.34. The first-order chi connectivity index (χ1) is 13.1. The molecule has 1 aliphatic rings. The van der Waals surface area contributed by atoms with Gasteiger partial charge in [-0.1, -0.05) is 31.2 Å². The molecule has 1 saturated heterocycles. The summed E-state index contributed by atoms with van der Waals surface area (Å²) in [5.74, 6) is 1.85. The van der Waals surface area contributed by atoms with Crippen LogP contribution in [0.2, 0.25) is 0 Å². The van der Waals surface area contributed by atoms with Gasteiger partial charge in [0.05, 0.1) is 6.61 Å². The summed E-state index contributed by atoms with van der Waals surface area (Å²) in [6, 6.07) is 8.85. The number of piperidine rings is 1. The van der Waals surface area contributed by atoms with Gasteiger partial charge < -0.3 is 15.4 Å². The van der Waals surface area contributed by atoms with E-state index in [1.165, 1.54) is 11.1 Å². The summed E-state index contributed by atoms with van der Waals surface area (Å²) in [5.41, 5.74) is 2.52. The number of nitrogens with zero attached hydrogens (tertiary/aromatic N) is 2. The van der Waals surface area contributed by atoms with E-state index in [1.54, 1.807) is 0 Å². The van der Waals surface area contributed by atoms with Crippen molar-refractivity contribution in [3.05, 3.63) is 42.0 Å². The highest BCUT2D eigenvalue weighted by Crippen LogP contribution is 2.14. The summed E-state index contributed by atoms with van der Waals surface area (Å²) in [5, 5.41) is 7.01. The van der Waals surface area contributed by atoms with Gasteiger partial charge in [0, 0.05) is 39.3 Å². The molecule has 0 unspecified atom stereocenters. The van der Waals surface area contributed by atoms with Gasteiger partial charge in [0.25, 0.3) is 0 Å². The van der Waals surface area contributed by atoms with E-state index in [9.17, 15) is 0 Å². The van der Waals surface area contributed by atoms with E-state index in [0.717, 1.165) is 70.2 Å². The van der Waals surface area contributed by atoms with E-state index >= 15 is 0 Å². The number of hydrogen-bond donors (Lipinski definition) is 2. The standard InChI is InChI=1S/C22H36N4O/c1-5-15-27-21-8-6-7-19(16-21)9-12-24-22(23-4)25-20-10-13-26(14-11-20)17-18(2)3/h6-8,16,20H,2,5,9-15,17H2,1,3-4H3,(H2,23,24,25). The van der Waals surface area contributed by atoms with Crippen molar-refractivity contribution in [1.82, 2.24) is 15.5 Å². The molecule has 5 heteroatoms. The minimum absolute atomic E-state index is 0.489. The molecule has 2 rings (SSSR count). The molecule has 150 valence electrons. The Balaban J connectivity index is 1.71. The smallest absolute Gasteiger partial charge is 0.191 e. The van der Waals surface area contributed by atoms with Gasteiger partial charge in [0.15, 0.2) is 5.96 Å². The van der Waals surface area contributed by atoms with Crippen LogP contribution in [-0.2, 0) is 6.42 Å². The van der Waals surface area contributed by atoms with Crippen LogP contribution in [0.4, 0.5) is 0 Å². The lowest BCUT2D eigenvalue weighted by molar-refractivity contribution is 0.221. The van der Waals surface area contributed by atoms with Gasteiger partial charge in [-0.25, -0.2) is 0 Å². The zero-order chi connectivity index (χ0) is 19.5. The quantitative estimate of drug-likeness (QED) is 0.397. The summed E-state index contributed by atoms with van der Waals surface area (Å²) < 4.78 is 5.71. The van der Waals surface area contributed by atoms with Gasteiger partial charge in [-0.3, -0.25) is 9.89 Å². The zero-order valence-corrected chi connectivity index (χ0v) is 17.3. The van der Waals surface area contributed by atoms with Crippen molar-refractivity contribution in [2.45, 2.75) is 45.6 Å². The number of aliphatic imine (C=N–C) groups is 1. The Bertz CT molecular complexity index is 606. The predicted octanol–water partition coefficient (Wildman–Crippen LogP) is 3.22. The first-order valence-electron chi connectivity index (χ1n) is 10.2. The second-order valence-electron chi connectivity index (χ2n) is 7.40. The van der Waals surface area contributed by atoms with Crippen molar-refractivity contribution in [1.29, 1.82) is 0 Å². The van der Waals surface area contributed by atoms with Crippen LogP contribution in [0.5, 0.6) is 5.75 Å². The van der Waals surface area contributed by atoms with Crippen LogP contribution in [0.15, 0.2) is 41.4 Å². The lowest BCUT2D eigenvalue weighted by atomic mass is 10.0. The van der Waals surface area contributed by atoms with E-state index in [0.29, 0.717) is 6.04 Å². The highest BCUT2D eigenvalue weighted by atomic mass is 16.5. The molecule has 1 aromatic carbocycles. The monoisotopic (exact) mass is 372 g/mol. The normalized spacial score (nSPS) is 16.2. The second-order valence-corrected chi connectivity index (χ2v) is 7.40. The molecule has 0 amide bonds. The van der Waals surface area contributed by atoms with Crippen LogP contribution in [0.1, 0.15) is 38.7 Å². The molecule has 0 spiro atoms. The molecule has 5 nitrogen and oxygen atoms in total. The van der Waals surface area contributed by atoms with Gasteiger partial charge in [-0.2, -0.15) is 0 Å². The van der Waals surface area contributed by atoms with Crippen LogP contribution in [-0.4, -0.2) is 56.7 Å². The molecule has 0 atom stereocenters. The molecule has 2 N–H and O–H groups in total. The highest BCUT2D eigenvalue weighted by Gasteiger charge is 2.19. The van der Waals surface area contributed by atoms with Crippen molar-refractivity contribution < 1.29 is 4.74 Å². The number of likely N-dealkylation sites (tertiary alicyclic amines) is 1. The Hall–Kier alpha value is -2.01. The summed E-state index contributed by atoms with van der Waals surface area (Å²) in [4.78, 5) is 6.86. The molecule has 0 aliphatic carbocycles. The highest BCUT2D eigenvalue weighted by molar-refractivity contribution is 5.79. The lowest BCUT2D eigenvalue weighted by Gasteiger charge is -2.33. The fraction of sp³-hybridized carbons (Fsp3) is 0.591. The average Bonchev–Trinajstić information content (AvgIpc) is 2.67.